The number of aryl methyl sites for hydroxylation is 2. The Morgan fingerprint density at radius 2 is 1.82 bits per heavy atom. The van der Waals surface area contributed by atoms with Crippen LogP contribution in [-0.2, 0) is 11.3 Å². The summed E-state index contributed by atoms with van der Waals surface area (Å²) in [4.78, 5) is 13.9. The Morgan fingerprint density at radius 1 is 1.24 bits per heavy atom. The molecule has 0 aliphatic carbocycles. The molecular weight excluding hydrogens is 210 g/mol. The first-order valence-corrected chi connectivity index (χ1v) is 6.03. The Labute approximate surface area is 105 Å². The van der Waals surface area contributed by atoms with Crippen molar-refractivity contribution in [3.8, 4) is 0 Å². The quantitative estimate of drug-likeness (QED) is 0.767. The van der Waals surface area contributed by atoms with E-state index in [-0.39, 0.29) is 11.3 Å². The van der Waals surface area contributed by atoms with Crippen LogP contribution in [0.4, 0.5) is 0 Å². The van der Waals surface area contributed by atoms with Crippen LogP contribution in [0.15, 0.2) is 18.2 Å². The van der Waals surface area contributed by atoms with E-state index in [0.717, 1.165) is 0 Å². The predicted octanol–water partition coefficient (Wildman–Crippen LogP) is 3.31. The van der Waals surface area contributed by atoms with E-state index < -0.39 is 0 Å². The number of carbonyl (C=O) groups is 1. The van der Waals surface area contributed by atoms with E-state index >= 15 is 0 Å². The van der Waals surface area contributed by atoms with E-state index in [1.54, 1.807) is 4.90 Å². The molecule has 0 saturated heterocycles. The molecule has 1 amide bonds. The molecule has 0 aliphatic heterocycles. The van der Waals surface area contributed by atoms with E-state index in [0.29, 0.717) is 6.54 Å². The van der Waals surface area contributed by atoms with Gasteiger partial charge in [0, 0.05) is 19.0 Å². The SMILES string of the molecule is Cc1ccc(CN(C)C(=O)C(C)(C)C)c(C)c1. The van der Waals surface area contributed by atoms with Gasteiger partial charge in [-0.15, -0.1) is 0 Å². The molecule has 17 heavy (non-hydrogen) atoms. The van der Waals surface area contributed by atoms with Gasteiger partial charge < -0.3 is 4.90 Å². The van der Waals surface area contributed by atoms with Gasteiger partial charge in [-0.25, -0.2) is 0 Å². The van der Waals surface area contributed by atoms with E-state index in [9.17, 15) is 4.79 Å². The first-order valence-electron chi connectivity index (χ1n) is 6.03. The molecule has 0 bridgehead atoms. The Hall–Kier alpha value is -1.31. The van der Waals surface area contributed by atoms with E-state index in [4.69, 9.17) is 0 Å². The highest BCUT2D eigenvalue weighted by molar-refractivity contribution is 5.81. The summed E-state index contributed by atoms with van der Waals surface area (Å²) < 4.78 is 0. The van der Waals surface area contributed by atoms with E-state index in [2.05, 4.69) is 32.0 Å². The minimum Gasteiger partial charge on any atom is -0.341 e. The number of hydrogen-bond donors (Lipinski definition) is 0. The molecule has 0 heterocycles. The van der Waals surface area contributed by atoms with Gasteiger partial charge in [-0.2, -0.15) is 0 Å². The fraction of sp³-hybridized carbons (Fsp3) is 0.533. The molecule has 0 unspecified atom stereocenters. The highest BCUT2D eigenvalue weighted by Crippen LogP contribution is 2.19. The van der Waals surface area contributed by atoms with Gasteiger partial charge in [0.15, 0.2) is 0 Å². The summed E-state index contributed by atoms with van der Waals surface area (Å²) in [6, 6.07) is 6.36. The maximum atomic E-state index is 12.1. The number of amides is 1. The van der Waals surface area contributed by atoms with Gasteiger partial charge in [0.05, 0.1) is 0 Å². The number of hydrogen-bond acceptors (Lipinski definition) is 1. The lowest BCUT2D eigenvalue weighted by Crippen LogP contribution is -2.36. The first-order chi connectivity index (χ1) is 7.71. The second-order valence-corrected chi connectivity index (χ2v) is 5.84. The van der Waals surface area contributed by atoms with Crippen LogP contribution in [0.1, 0.15) is 37.5 Å². The van der Waals surface area contributed by atoms with Gasteiger partial charge in [-0.05, 0) is 25.0 Å². The zero-order chi connectivity index (χ0) is 13.2. The number of benzene rings is 1. The third-order valence-electron chi connectivity index (χ3n) is 2.89. The lowest BCUT2D eigenvalue weighted by atomic mass is 9.94. The summed E-state index contributed by atoms with van der Waals surface area (Å²) in [6.45, 7) is 10.7. The number of nitrogens with zero attached hydrogens (tertiary/aromatic N) is 1. The Balaban J connectivity index is 2.81. The molecule has 0 fully saturated rings. The molecule has 0 N–H and O–H groups in total. The average Bonchev–Trinajstić information content (AvgIpc) is 2.19. The molecular formula is C15H23NO. The van der Waals surface area contributed by atoms with Crippen LogP contribution in [0.5, 0.6) is 0 Å². The molecule has 0 atom stereocenters. The largest absolute Gasteiger partial charge is 0.341 e. The fourth-order valence-corrected chi connectivity index (χ4v) is 1.92. The van der Waals surface area contributed by atoms with Crippen molar-refractivity contribution in [1.29, 1.82) is 0 Å². The van der Waals surface area contributed by atoms with Gasteiger partial charge in [0.25, 0.3) is 0 Å². The molecule has 1 aromatic carbocycles. The third-order valence-corrected chi connectivity index (χ3v) is 2.89. The second-order valence-electron chi connectivity index (χ2n) is 5.84. The highest BCUT2D eigenvalue weighted by atomic mass is 16.2. The van der Waals surface area contributed by atoms with E-state index in [1.807, 2.05) is 27.8 Å². The van der Waals surface area contributed by atoms with Gasteiger partial charge >= 0.3 is 0 Å². The predicted molar refractivity (Wildman–Crippen MR) is 71.8 cm³/mol. The summed E-state index contributed by atoms with van der Waals surface area (Å²) in [5.41, 5.74) is 3.41. The van der Waals surface area contributed by atoms with Crippen molar-refractivity contribution in [3.05, 3.63) is 34.9 Å². The standard InChI is InChI=1S/C15H23NO/c1-11-7-8-13(12(2)9-11)10-16(6)14(17)15(3,4)5/h7-9H,10H2,1-6H3. The zero-order valence-electron chi connectivity index (χ0n) is 11.8. The summed E-state index contributed by atoms with van der Waals surface area (Å²) in [5, 5.41) is 0. The normalized spacial score (nSPS) is 11.4. The molecule has 1 rings (SSSR count). The van der Waals surface area contributed by atoms with Crippen LogP contribution < -0.4 is 0 Å². The minimum absolute atomic E-state index is 0.178. The molecule has 0 aromatic heterocycles. The Bertz CT molecular complexity index is 415. The highest BCUT2D eigenvalue weighted by Gasteiger charge is 2.24. The lowest BCUT2D eigenvalue weighted by Gasteiger charge is -2.26. The van der Waals surface area contributed by atoms with Gasteiger partial charge in [-0.3, -0.25) is 4.79 Å². The maximum absolute atomic E-state index is 12.1. The molecule has 94 valence electrons. The Morgan fingerprint density at radius 3 is 2.29 bits per heavy atom. The van der Waals surface area contributed by atoms with Crippen molar-refractivity contribution in [3.63, 3.8) is 0 Å². The third kappa shape index (κ3) is 3.58. The van der Waals surface area contributed by atoms with Crippen molar-refractivity contribution in [2.24, 2.45) is 5.41 Å². The smallest absolute Gasteiger partial charge is 0.227 e. The van der Waals surface area contributed by atoms with Gasteiger partial charge in [-0.1, -0.05) is 44.5 Å². The van der Waals surface area contributed by atoms with Crippen LogP contribution in [0, 0.1) is 19.3 Å². The van der Waals surface area contributed by atoms with Crippen molar-refractivity contribution in [1.82, 2.24) is 4.90 Å². The molecule has 0 spiro atoms. The number of carbonyl (C=O) groups excluding carboxylic acids is 1. The molecule has 0 saturated carbocycles. The zero-order valence-corrected chi connectivity index (χ0v) is 11.8. The maximum Gasteiger partial charge on any atom is 0.227 e. The van der Waals surface area contributed by atoms with Crippen LogP contribution in [0.25, 0.3) is 0 Å². The van der Waals surface area contributed by atoms with Crippen LogP contribution >= 0.6 is 0 Å². The van der Waals surface area contributed by atoms with E-state index in [1.165, 1.54) is 16.7 Å². The van der Waals surface area contributed by atoms with Gasteiger partial charge in [0.2, 0.25) is 5.91 Å². The molecule has 0 radical (unpaired) electrons. The van der Waals surface area contributed by atoms with Gasteiger partial charge in [0.1, 0.15) is 0 Å². The van der Waals surface area contributed by atoms with Crippen LogP contribution in [-0.4, -0.2) is 17.9 Å². The first kappa shape index (κ1) is 13.8. The van der Waals surface area contributed by atoms with Crippen molar-refractivity contribution < 1.29 is 4.79 Å². The summed E-state index contributed by atoms with van der Waals surface area (Å²) in [6.07, 6.45) is 0. The summed E-state index contributed by atoms with van der Waals surface area (Å²) in [5.74, 6) is 0.178. The molecule has 2 heteroatoms. The fourth-order valence-electron chi connectivity index (χ4n) is 1.92. The van der Waals surface area contributed by atoms with Crippen LogP contribution in [0.3, 0.4) is 0 Å². The molecule has 1 aromatic rings. The summed E-state index contributed by atoms with van der Waals surface area (Å²) in [7, 11) is 1.87. The summed E-state index contributed by atoms with van der Waals surface area (Å²) >= 11 is 0. The van der Waals surface area contributed by atoms with Crippen LogP contribution in [0.2, 0.25) is 0 Å². The van der Waals surface area contributed by atoms with Crippen molar-refractivity contribution >= 4 is 5.91 Å². The average molecular weight is 233 g/mol. The topological polar surface area (TPSA) is 20.3 Å². The molecule has 0 aliphatic rings. The monoisotopic (exact) mass is 233 g/mol. The lowest BCUT2D eigenvalue weighted by molar-refractivity contribution is -0.138. The van der Waals surface area contributed by atoms with Crippen molar-refractivity contribution in [2.45, 2.75) is 41.2 Å². The number of rotatable bonds is 2. The Kier molecular flexibility index (Phi) is 3.97. The second kappa shape index (κ2) is 4.91. The minimum atomic E-state index is -0.312. The molecule has 2 nitrogen and oxygen atoms in total. The van der Waals surface area contributed by atoms with Crippen molar-refractivity contribution in [2.75, 3.05) is 7.05 Å².